The van der Waals surface area contributed by atoms with Gasteiger partial charge in [-0.05, 0) is 31.5 Å². The van der Waals surface area contributed by atoms with Crippen molar-refractivity contribution in [2.24, 2.45) is 0 Å². The largest absolute Gasteiger partial charge is 0.481 e. The second-order valence-electron chi connectivity index (χ2n) is 5.74. The summed E-state index contributed by atoms with van der Waals surface area (Å²) in [6.07, 6.45) is -0.123. The van der Waals surface area contributed by atoms with Crippen LogP contribution < -0.4 is 10.1 Å². The molecule has 1 amide bonds. The molecule has 0 bridgehead atoms. The second-order valence-corrected chi connectivity index (χ2v) is 7.15. The summed E-state index contributed by atoms with van der Waals surface area (Å²) in [5.74, 6) is 0.288. The Bertz CT molecular complexity index is 896. The van der Waals surface area contributed by atoms with E-state index in [1.807, 2.05) is 38.1 Å². The van der Waals surface area contributed by atoms with Gasteiger partial charge >= 0.3 is 0 Å². The van der Waals surface area contributed by atoms with Crippen LogP contribution in [0.2, 0.25) is 5.02 Å². The van der Waals surface area contributed by atoms with Crippen LogP contribution in [-0.2, 0) is 4.79 Å². The van der Waals surface area contributed by atoms with Gasteiger partial charge in [-0.2, -0.15) is 0 Å². The van der Waals surface area contributed by atoms with E-state index in [0.717, 1.165) is 10.6 Å². The average Bonchev–Trinajstić information content (AvgIpc) is 3.08. The third kappa shape index (κ3) is 4.59. The molecule has 0 fully saturated rings. The molecule has 1 unspecified atom stereocenters. The van der Waals surface area contributed by atoms with Gasteiger partial charge in [0.05, 0.1) is 0 Å². The minimum absolute atomic E-state index is 0.265. The summed E-state index contributed by atoms with van der Waals surface area (Å²) < 4.78 is 5.74. The highest BCUT2D eigenvalue weighted by molar-refractivity contribution is 7.18. The summed E-state index contributed by atoms with van der Waals surface area (Å²) in [6.45, 7) is 3.91. The number of halogens is 1. The van der Waals surface area contributed by atoms with Crippen LogP contribution in [-0.4, -0.2) is 22.2 Å². The molecule has 3 aromatic rings. The summed E-state index contributed by atoms with van der Waals surface area (Å²) in [4.78, 5) is 12.5. The number of rotatable bonds is 6. The molecule has 0 aliphatic rings. The van der Waals surface area contributed by atoms with E-state index < -0.39 is 6.10 Å². The zero-order valence-corrected chi connectivity index (χ0v) is 16.0. The first kappa shape index (κ1) is 18.4. The maximum absolute atomic E-state index is 12.5. The average molecular weight is 388 g/mol. The Morgan fingerprint density at radius 3 is 2.69 bits per heavy atom. The molecule has 26 heavy (non-hydrogen) atoms. The first-order chi connectivity index (χ1) is 12.5. The van der Waals surface area contributed by atoms with Gasteiger partial charge in [-0.15, -0.1) is 10.2 Å². The molecular weight excluding hydrogens is 370 g/mol. The molecule has 0 saturated carbocycles. The van der Waals surface area contributed by atoms with E-state index in [9.17, 15) is 4.79 Å². The molecule has 0 radical (unpaired) electrons. The number of anilines is 1. The number of carbonyl (C=O) groups excluding carboxylic acids is 1. The van der Waals surface area contributed by atoms with Gasteiger partial charge in [0, 0.05) is 10.6 Å². The quantitative estimate of drug-likeness (QED) is 0.649. The van der Waals surface area contributed by atoms with E-state index in [1.54, 1.807) is 24.3 Å². The lowest BCUT2D eigenvalue weighted by Gasteiger charge is -2.16. The predicted molar refractivity (Wildman–Crippen MR) is 105 cm³/mol. The summed E-state index contributed by atoms with van der Waals surface area (Å²) in [5, 5.41) is 12.7. The number of nitrogens with one attached hydrogen (secondary N) is 1. The number of ether oxygens (including phenoxy) is 1. The number of aromatic nitrogens is 2. The molecule has 5 nitrogen and oxygen atoms in total. The highest BCUT2D eigenvalue weighted by Gasteiger charge is 2.20. The summed E-state index contributed by atoms with van der Waals surface area (Å²) in [5.41, 5.74) is 2.14. The van der Waals surface area contributed by atoms with Gasteiger partial charge in [-0.25, -0.2) is 0 Å². The smallest absolute Gasteiger partial charge is 0.267 e. The van der Waals surface area contributed by atoms with Crippen molar-refractivity contribution in [3.8, 4) is 16.3 Å². The van der Waals surface area contributed by atoms with Crippen LogP contribution >= 0.6 is 22.9 Å². The van der Waals surface area contributed by atoms with Crippen molar-refractivity contribution in [3.05, 3.63) is 59.1 Å². The first-order valence-electron chi connectivity index (χ1n) is 8.19. The van der Waals surface area contributed by atoms with E-state index >= 15 is 0 Å². The first-order valence-corrected chi connectivity index (χ1v) is 9.38. The number of aryl methyl sites for hydroxylation is 1. The van der Waals surface area contributed by atoms with Crippen molar-refractivity contribution < 1.29 is 9.53 Å². The Kier molecular flexibility index (Phi) is 5.85. The van der Waals surface area contributed by atoms with Gasteiger partial charge in [0.15, 0.2) is 6.10 Å². The Morgan fingerprint density at radius 1 is 1.23 bits per heavy atom. The van der Waals surface area contributed by atoms with E-state index in [1.165, 1.54) is 16.9 Å². The Balaban J connectivity index is 1.67. The molecule has 1 atom stereocenters. The maximum Gasteiger partial charge on any atom is 0.267 e. The van der Waals surface area contributed by atoms with Gasteiger partial charge in [-0.1, -0.05) is 65.8 Å². The van der Waals surface area contributed by atoms with Crippen LogP contribution in [0.1, 0.15) is 18.9 Å². The fraction of sp³-hybridized carbons (Fsp3) is 0.211. The van der Waals surface area contributed by atoms with Crippen molar-refractivity contribution in [2.45, 2.75) is 26.4 Å². The SMILES string of the molecule is CCC(Oc1cccc(Cl)c1)C(=O)Nc1nnc(-c2ccc(C)cc2)s1. The topological polar surface area (TPSA) is 64.1 Å². The number of nitrogens with zero attached hydrogens (tertiary/aromatic N) is 2. The fourth-order valence-electron chi connectivity index (χ4n) is 2.30. The molecule has 0 spiro atoms. The Hall–Kier alpha value is -2.44. The van der Waals surface area contributed by atoms with Crippen molar-refractivity contribution in [1.82, 2.24) is 10.2 Å². The molecular formula is C19H18ClN3O2S. The molecule has 0 aliphatic heterocycles. The van der Waals surface area contributed by atoms with Gasteiger partial charge < -0.3 is 4.74 Å². The highest BCUT2D eigenvalue weighted by atomic mass is 35.5. The molecule has 7 heteroatoms. The van der Waals surface area contributed by atoms with Gasteiger partial charge in [0.1, 0.15) is 10.8 Å². The molecule has 1 aromatic heterocycles. The zero-order chi connectivity index (χ0) is 18.5. The van der Waals surface area contributed by atoms with Crippen LogP contribution in [0.15, 0.2) is 48.5 Å². The number of benzene rings is 2. The lowest BCUT2D eigenvalue weighted by molar-refractivity contribution is -0.122. The van der Waals surface area contributed by atoms with Crippen LogP contribution in [0.25, 0.3) is 10.6 Å². The third-order valence-corrected chi connectivity index (χ3v) is 4.81. The lowest BCUT2D eigenvalue weighted by Crippen LogP contribution is -2.32. The summed E-state index contributed by atoms with van der Waals surface area (Å²) in [7, 11) is 0. The standard InChI is InChI=1S/C19H18ClN3O2S/c1-3-16(25-15-6-4-5-14(20)11-15)17(24)21-19-23-22-18(26-19)13-9-7-12(2)8-10-13/h4-11,16H,3H2,1-2H3,(H,21,23,24). The predicted octanol–water partition coefficient (Wildman–Crippen LogP) is 4.96. The highest BCUT2D eigenvalue weighted by Crippen LogP contribution is 2.27. The molecule has 0 aliphatic carbocycles. The van der Waals surface area contributed by atoms with E-state index in [4.69, 9.17) is 16.3 Å². The summed E-state index contributed by atoms with van der Waals surface area (Å²) in [6, 6.07) is 15.0. The lowest BCUT2D eigenvalue weighted by atomic mass is 10.2. The molecule has 3 rings (SSSR count). The Morgan fingerprint density at radius 2 is 2.00 bits per heavy atom. The van der Waals surface area contributed by atoms with Crippen LogP contribution in [0, 0.1) is 6.92 Å². The third-order valence-electron chi connectivity index (χ3n) is 3.69. The van der Waals surface area contributed by atoms with Crippen molar-refractivity contribution in [2.75, 3.05) is 5.32 Å². The van der Waals surface area contributed by atoms with E-state index in [2.05, 4.69) is 15.5 Å². The monoisotopic (exact) mass is 387 g/mol. The van der Waals surface area contributed by atoms with Gasteiger partial charge in [0.25, 0.3) is 5.91 Å². The van der Waals surface area contributed by atoms with E-state index in [0.29, 0.717) is 22.3 Å². The van der Waals surface area contributed by atoms with Gasteiger partial charge in [0.2, 0.25) is 5.13 Å². The minimum atomic E-state index is -0.639. The Labute approximate surface area is 161 Å². The normalized spacial score (nSPS) is 11.8. The molecule has 134 valence electrons. The van der Waals surface area contributed by atoms with Gasteiger partial charge in [-0.3, -0.25) is 10.1 Å². The number of hydrogen-bond donors (Lipinski definition) is 1. The zero-order valence-electron chi connectivity index (χ0n) is 14.4. The van der Waals surface area contributed by atoms with Crippen LogP contribution in [0.4, 0.5) is 5.13 Å². The van der Waals surface area contributed by atoms with Crippen molar-refractivity contribution >= 4 is 34.0 Å². The van der Waals surface area contributed by atoms with Crippen molar-refractivity contribution in [3.63, 3.8) is 0 Å². The molecule has 1 N–H and O–H groups in total. The number of hydrogen-bond acceptors (Lipinski definition) is 5. The number of amides is 1. The molecule has 1 heterocycles. The fourth-order valence-corrected chi connectivity index (χ4v) is 3.23. The van der Waals surface area contributed by atoms with E-state index in [-0.39, 0.29) is 5.91 Å². The molecule has 0 saturated heterocycles. The summed E-state index contributed by atoms with van der Waals surface area (Å²) >= 11 is 7.28. The van der Waals surface area contributed by atoms with Crippen LogP contribution in [0.5, 0.6) is 5.75 Å². The minimum Gasteiger partial charge on any atom is -0.481 e. The molecule has 2 aromatic carbocycles. The second kappa shape index (κ2) is 8.29. The number of carbonyl (C=O) groups is 1. The van der Waals surface area contributed by atoms with Crippen molar-refractivity contribution in [1.29, 1.82) is 0 Å². The van der Waals surface area contributed by atoms with Crippen LogP contribution in [0.3, 0.4) is 0 Å². The maximum atomic E-state index is 12.5.